The fraction of sp³-hybridized carbons (Fsp3) is 0.296. The molecule has 1 aliphatic heterocycles. The van der Waals surface area contributed by atoms with Crippen molar-refractivity contribution in [1.82, 2.24) is 19.9 Å². The Morgan fingerprint density at radius 1 is 1.06 bits per heavy atom. The maximum absolute atomic E-state index is 12.3. The summed E-state index contributed by atoms with van der Waals surface area (Å²) in [5, 5.41) is 8.00. The molecule has 1 unspecified atom stereocenters. The van der Waals surface area contributed by atoms with Crippen LogP contribution in [-0.2, 0) is 6.54 Å². The Kier molecular flexibility index (Phi) is 6.53. The number of fused-ring (bicyclic) bond motifs is 1. The quantitative estimate of drug-likeness (QED) is 0.435. The summed E-state index contributed by atoms with van der Waals surface area (Å²) < 4.78 is 2.34. The van der Waals surface area contributed by atoms with Crippen molar-refractivity contribution in [3.8, 4) is 0 Å². The number of amides is 1. The summed E-state index contributed by atoms with van der Waals surface area (Å²) in [5.74, 6) is -0.255. The van der Waals surface area contributed by atoms with E-state index >= 15 is 0 Å². The Bertz CT molecular complexity index is 1230. The summed E-state index contributed by atoms with van der Waals surface area (Å²) in [6.07, 6.45) is 8.94. The van der Waals surface area contributed by atoms with Gasteiger partial charge in [0.15, 0.2) is 0 Å². The number of para-hydroxylation sites is 1. The monoisotopic (exact) mass is 454 g/mol. The van der Waals surface area contributed by atoms with Gasteiger partial charge >= 0.3 is 0 Å². The molecule has 0 spiro atoms. The largest absolute Gasteiger partial charge is 0.371 e. The van der Waals surface area contributed by atoms with Crippen LogP contribution in [0.1, 0.15) is 30.3 Å². The normalized spacial score (nSPS) is 15.4. The maximum Gasteiger partial charge on any atom is 0.275 e. The predicted octanol–water partition coefficient (Wildman–Crippen LogP) is 4.33. The Labute approximate surface area is 199 Å². The van der Waals surface area contributed by atoms with Crippen LogP contribution in [0.3, 0.4) is 0 Å². The minimum Gasteiger partial charge on any atom is -0.371 e. The first-order valence-corrected chi connectivity index (χ1v) is 11.9. The van der Waals surface area contributed by atoms with Crippen molar-refractivity contribution in [1.29, 1.82) is 0 Å². The Morgan fingerprint density at radius 3 is 2.62 bits per heavy atom. The van der Waals surface area contributed by atoms with Crippen LogP contribution in [0, 0.1) is 0 Å². The number of nitrogens with zero attached hydrogens (tertiary/aromatic N) is 4. The average molecular weight is 455 g/mol. The highest BCUT2D eigenvalue weighted by Gasteiger charge is 2.21. The topological polar surface area (TPSA) is 75.1 Å². The second-order valence-electron chi connectivity index (χ2n) is 8.95. The van der Waals surface area contributed by atoms with Gasteiger partial charge in [0.2, 0.25) is 0 Å². The smallest absolute Gasteiger partial charge is 0.275 e. The highest BCUT2D eigenvalue weighted by molar-refractivity contribution is 6.02. The van der Waals surface area contributed by atoms with E-state index in [4.69, 9.17) is 0 Å². The van der Waals surface area contributed by atoms with Crippen LogP contribution in [0.15, 0.2) is 79.4 Å². The van der Waals surface area contributed by atoms with E-state index in [0.717, 1.165) is 38.2 Å². The first-order valence-electron chi connectivity index (χ1n) is 11.9. The molecule has 0 radical (unpaired) electrons. The SMILES string of the molecule is CC(Cn1ccc2ccccc21)NC1CCN(c2ccc(NC(=O)c3cnccn3)cc2)CC1. The second kappa shape index (κ2) is 10.1. The zero-order valence-corrected chi connectivity index (χ0v) is 19.4. The molecule has 4 aromatic rings. The predicted molar refractivity (Wildman–Crippen MR) is 136 cm³/mol. The molecule has 1 saturated heterocycles. The first kappa shape index (κ1) is 22.1. The second-order valence-corrected chi connectivity index (χ2v) is 8.95. The van der Waals surface area contributed by atoms with E-state index < -0.39 is 0 Å². The minimum atomic E-state index is -0.255. The lowest BCUT2D eigenvalue weighted by Crippen LogP contribution is -2.46. The molecular weight excluding hydrogens is 424 g/mol. The van der Waals surface area contributed by atoms with E-state index in [1.54, 1.807) is 6.20 Å². The Morgan fingerprint density at radius 2 is 1.85 bits per heavy atom. The van der Waals surface area contributed by atoms with E-state index in [2.05, 4.69) is 85.7 Å². The van der Waals surface area contributed by atoms with Gasteiger partial charge in [0, 0.05) is 67.2 Å². The highest BCUT2D eigenvalue weighted by atomic mass is 16.1. The van der Waals surface area contributed by atoms with Crippen molar-refractivity contribution >= 4 is 28.2 Å². The number of nitrogens with one attached hydrogen (secondary N) is 2. The van der Waals surface area contributed by atoms with Crippen LogP contribution >= 0.6 is 0 Å². The van der Waals surface area contributed by atoms with E-state index in [0.29, 0.717) is 17.8 Å². The summed E-state index contributed by atoms with van der Waals surface area (Å²) in [4.78, 5) is 22.6. The standard InChI is InChI=1S/C27H30N6O/c1-20(19-33-15-10-21-4-2-3-5-26(21)33)30-23-11-16-32(17-12-23)24-8-6-22(7-9-24)31-27(34)25-18-28-13-14-29-25/h2-10,13-15,18,20,23,30H,11-12,16-17,19H2,1H3,(H,31,34). The number of rotatable bonds is 7. The number of aromatic nitrogens is 3. The van der Waals surface area contributed by atoms with Gasteiger partial charge in [-0.25, -0.2) is 4.98 Å². The van der Waals surface area contributed by atoms with Gasteiger partial charge in [0.1, 0.15) is 5.69 Å². The third kappa shape index (κ3) is 5.10. The van der Waals surface area contributed by atoms with Gasteiger partial charge in [0.05, 0.1) is 6.20 Å². The summed E-state index contributed by atoms with van der Waals surface area (Å²) in [6, 6.07) is 19.7. The Balaban J connectivity index is 1.10. The number of anilines is 2. The first-order chi connectivity index (χ1) is 16.7. The molecule has 0 aliphatic carbocycles. The third-order valence-corrected chi connectivity index (χ3v) is 6.45. The molecule has 7 heteroatoms. The number of hydrogen-bond donors (Lipinski definition) is 2. The lowest BCUT2D eigenvalue weighted by atomic mass is 10.0. The van der Waals surface area contributed by atoms with Crippen molar-refractivity contribution in [3.63, 3.8) is 0 Å². The molecule has 0 saturated carbocycles. The maximum atomic E-state index is 12.3. The number of carbonyl (C=O) groups is 1. The van der Waals surface area contributed by atoms with Crippen LogP contribution < -0.4 is 15.5 Å². The van der Waals surface area contributed by atoms with Crippen molar-refractivity contribution in [2.45, 2.75) is 38.4 Å². The molecule has 34 heavy (non-hydrogen) atoms. The molecule has 2 N–H and O–H groups in total. The summed E-state index contributed by atoms with van der Waals surface area (Å²) in [5.41, 5.74) is 3.53. The fourth-order valence-corrected chi connectivity index (χ4v) is 4.72. The molecule has 1 atom stereocenters. The summed E-state index contributed by atoms with van der Waals surface area (Å²) in [6.45, 7) is 5.27. The van der Waals surface area contributed by atoms with Crippen molar-refractivity contribution in [2.24, 2.45) is 0 Å². The van der Waals surface area contributed by atoms with Gasteiger partial charge in [-0.3, -0.25) is 9.78 Å². The zero-order chi connectivity index (χ0) is 23.3. The molecule has 2 aromatic carbocycles. The van der Waals surface area contributed by atoms with Crippen LogP contribution in [0.2, 0.25) is 0 Å². The molecule has 1 fully saturated rings. The molecule has 0 bridgehead atoms. The molecule has 5 rings (SSSR count). The van der Waals surface area contributed by atoms with E-state index in [9.17, 15) is 4.79 Å². The van der Waals surface area contributed by atoms with Crippen molar-refractivity contribution in [2.75, 3.05) is 23.3 Å². The van der Waals surface area contributed by atoms with Gasteiger partial charge < -0.3 is 20.1 Å². The molecule has 3 heterocycles. The fourth-order valence-electron chi connectivity index (χ4n) is 4.72. The van der Waals surface area contributed by atoms with Crippen molar-refractivity contribution in [3.05, 3.63) is 85.1 Å². The van der Waals surface area contributed by atoms with E-state index in [-0.39, 0.29) is 5.91 Å². The van der Waals surface area contributed by atoms with E-state index in [1.807, 2.05) is 12.1 Å². The van der Waals surface area contributed by atoms with Gasteiger partial charge in [-0.1, -0.05) is 18.2 Å². The summed E-state index contributed by atoms with van der Waals surface area (Å²) in [7, 11) is 0. The molecule has 174 valence electrons. The lowest BCUT2D eigenvalue weighted by Gasteiger charge is -2.35. The highest BCUT2D eigenvalue weighted by Crippen LogP contribution is 2.23. The van der Waals surface area contributed by atoms with Gasteiger partial charge in [-0.2, -0.15) is 0 Å². The van der Waals surface area contributed by atoms with Crippen LogP contribution in [0.4, 0.5) is 11.4 Å². The van der Waals surface area contributed by atoms with Crippen molar-refractivity contribution < 1.29 is 4.79 Å². The zero-order valence-electron chi connectivity index (χ0n) is 19.4. The van der Waals surface area contributed by atoms with E-state index in [1.165, 1.54) is 29.0 Å². The third-order valence-electron chi connectivity index (χ3n) is 6.45. The summed E-state index contributed by atoms with van der Waals surface area (Å²) >= 11 is 0. The molecule has 1 aliphatic rings. The number of hydrogen-bond acceptors (Lipinski definition) is 5. The van der Waals surface area contributed by atoms with Crippen LogP contribution in [-0.4, -0.2) is 45.6 Å². The molecule has 7 nitrogen and oxygen atoms in total. The Hall–Kier alpha value is -3.71. The van der Waals surface area contributed by atoms with Gasteiger partial charge in [-0.15, -0.1) is 0 Å². The molecule has 1 amide bonds. The van der Waals surface area contributed by atoms with Crippen LogP contribution in [0.5, 0.6) is 0 Å². The number of carbonyl (C=O) groups excluding carboxylic acids is 1. The minimum absolute atomic E-state index is 0.255. The number of benzene rings is 2. The van der Waals surface area contributed by atoms with Gasteiger partial charge in [-0.05, 0) is 61.5 Å². The van der Waals surface area contributed by atoms with Gasteiger partial charge in [0.25, 0.3) is 5.91 Å². The molecule has 2 aromatic heterocycles. The molecular formula is C27H30N6O. The number of piperidine rings is 1. The lowest BCUT2D eigenvalue weighted by molar-refractivity contribution is 0.102. The average Bonchev–Trinajstić information content (AvgIpc) is 3.28. The van der Waals surface area contributed by atoms with Crippen LogP contribution in [0.25, 0.3) is 10.9 Å².